The lowest BCUT2D eigenvalue weighted by molar-refractivity contribution is -0.142. The molecule has 0 saturated heterocycles. The molecule has 0 aliphatic carbocycles. The van der Waals surface area contributed by atoms with Crippen LogP contribution in [0.2, 0.25) is 0 Å². The summed E-state index contributed by atoms with van der Waals surface area (Å²) in [6, 6.07) is 7.79. The zero-order valence-electron chi connectivity index (χ0n) is 15.4. The van der Waals surface area contributed by atoms with E-state index in [0.29, 0.717) is 18.7 Å². The highest BCUT2D eigenvalue weighted by atomic mass is 32.2. The zero-order chi connectivity index (χ0) is 21.1. The molecule has 0 unspecified atom stereocenters. The number of nitrogens with zero attached hydrogens (tertiary/aromatic N) is 2. The van der Waals surface area contributed by atoms with E-state index >= 15 is 0 Å². The van der Waals surface area contributed by atoms with Crippen LogP contribution in [0.3, 0.4) is 0 Å². The number of carbonyl (C=O) groups excluding carboxylic acids is 1. The fourth-order valence-corrected chi connectivity index (χ4v) is 4.35. The number of carbonyl (C=O) groups is 1. The van der Waals surface area contributed by atoms with Gasteiger partial charge in [0.25, 0.3) is 0 Å². The van der Waals surface area contributed by atoms with Crippen LogP contribution in [0.4, 0.5) is 13.2 Å². The van der Waals surface area contributed by atoms with Crippen LogP contribution in [0, 0.1) is 0 Å². The van der Waals surface area contributed by atoms with E-state index in [9.17, 15) is 26.4 Å². The van der Waals surface area contributed by atoms with E-state index in [1.807, 2.05) is 0 Å². The molecule has 3 rings (SSSR count). The Morgan fingerprint density at radius 1 is 1.24 bits per heavy atom. The number of fused-ring (bicyclic) bond motifs is 1. The molecular formula is C18H20F3N3O4S. The van der Waals surface area contributed by atoms with Crippen molar-refractivity contribution in [1.82, 2.24) is 15.1 Å². The minimum Gasteiger partial charge on any atom is -0.376 e. The van der Waals surface area contributed by atoms with E-state index in [-0.39, 0.29) is 42.3 Å². The lowest BCUT2D eigenvalue weighted by Gasteiger charge is -2.15. The number of aromatic nitrogens is 2. The van der Waals surface area contributed by atoms with Gasteiger partial charge in [0.05, 0.1) is 30.4 Å². The highest BCUT2D eigenvalue weighted by Crippen LogP contribution is 2.34. The summed E-state index contributed by atoms with van der Waals surface area (Å²) in [5.41, 5.74) is -0.485. The normalized spacial score (nSPS) is 14.4. The molecule has 29 heavy (non-hydrogen) atoms. The van der Waals surface area contributed by atoms with Gasteiger partial charge in [-0.05, 0) is 12.1 Å². The van der Waals surface area contributed by atoms with Crippen molar-refractivity contribution in [2.24, 2.45) is 0 Å². The maximum Gasteiger partial charge on any atom is 0.435 e. The van der Waals surface area contributed by atoms with E-state index in [4.69, 9.17) is 4.74 Å². The van der Waals surface area contributed by atoms with E-state index < -0.39 is 27.6 Å². The molecule has 1 N–H and O–H groups in total. The largest absolute Gasteiger partial charge is 0.435 e. The first kappa shape index (κ1) is 21.3. The van der Waals surface area contributed by atoms with Crippen LogP contribution in [-0.4, -0.2) is 43.0 Å². The molecule has 0 fully saturated rings. The molecule has 0 spiro atoms. The molecule has 0 atom stereocenters. The Bertz CT molecular complexity index is 972. The van der Waals surface area contributed by atoms with Crippen molar-refractivity contribution in [1.29, 1.82) is 0 Å². The molecule has 1 aliphatic heterocycles. The number of halogens is 3. The van der Waals surface area contributed by atoms with Crippen LogP contribution in [-0.2, 0) is 45.1 Å². The Morgan fingerprint density at radius 2 is 1.97 bits per heavy atom. The summed E-state index contributed by atoms with van der Waals surface area (Å²) in [6.07, 6.45) is -4.51. The number of nitrogens with one attached hydrogen (secondary N) is 1. The maximum atomic E-state index is 13.1. The number of alkyl halides is 3. The predicted octanol–water partition coefficient (Wildman–Crippen LogP) is 1.95. The number of rotatable bonds is 7. The molecule has 158 valence electrons. The molecule has 0 radical (unpaired) electrons. The summed E-state index contributed by atoms with van der Waals surface area (Å²) in [5, 5.41) is 6.18. The van der Waals surface area contributed by atoms with Gasteiger partial charge >= 0.3 is 6.18 Å². The first-order valence-electron chi connectivity index (χ1n) is 8.96. The van der Waals surface area contributed by atoms with Crippen molar-refractivity contribution in [3.8, 4) is 0 Å². The summed E-state index contributed by atoms with van der Waals surface area (Å²) in [7, 11) is -3.57. The van der Waals surface area contributed by atoms with Crippen LogP contribution < -0.4 is 5.32 Å². The minimum atomic E-state index is -4.58. The van der Waals surface area contributed by atoms with Gasteiger partial charge < -0.3 is 10.1 Å². The monoisotopic (exact) mass is 431 g/mol. The molecule has 1 aromatic carbocycles. The van der Waals surface area contributed by atoms with E-state index in [0.717, 1.165) is 0 Å². The van der Waals surface area contributed by atoms with Crippen molar-refractivity contribution >= 4 is 15.7 Å². The number of amides is 1. The minimum absolute atomic E-state index is 0.0315. The van der Waals surface area contributed by atoms with Gasteiger partial charge in [0.15, 0.2) is 15.5 Å². The summed E-state index contributed by atoms with van der Waals surface area (Å²) in [6.45, 7) is 0.250. The van der Waals surface area contributed by atoms with Gasteiger partial charge in [-0.15, -0.1) is 0 Å². The summed E-state index contributed by atoms with van der Waals surface area (Å²) >= 11 is 0. The van der Waals surface area contributed by atoms with Crippen LogP contribution in [0.1, 0.15) is 23.4 Å². The van der Waals surface area contributed by atoms with Crippen LogP contribution in [0.15, 0.2) is 35.2 Å². The second-order valence-electron chi connectivity index (χ2n) is 6.53. The van der Waals surface area contributed by atoms with Crippen LogP contribution >= 0.6 is 0 Å². The topological polar surface area (TPSA) is 90.3 Å². The molecule has 1 amide bonds. The second-order valence-corrected chi connectivity index (χ2v) is 8.64. The van der Waals surface area contributed by atoms with Crippen molar-refractivity contribution < 1.29 is 31.1 Å². The molecule has 2 heterocycles. The standard InChI is InChI=1S/C18H20F3N3O4S/c19-18(20,21)17-14-12-28-10-6-15(14)24(23-17)9-8-22-16(25)7-11-29(26,27)13-4-2-1-3-5-13/h1-5H,6-12H2,(H,22,25). The zero-order valence-corrected chi connectivity index (χ0v) is 16.2. The van der Waals surface area contributed by atoms with Gasteiger partial charge in [-0.1, -0.05) is 18.2 Å². The van der Waals surface area contributed by atoms with Crippen molar-refractivity contribution in [3.63, 3.8) is 0 Å². The van der Waals surface area contributed by atoms with Gasteiger partial charge in [0.2, 0.25) is 5.91 Å². The fraction of sp³-hybridized carbons (Fsp3) is 0.444. The van der Waals surface area contributed by atoms with Crippen LogP contribution in [0.25, 0.3) is 0 Å². The number of ether oxygens (including phenoxy) is 1. The quantitative estimate of drug-likeness (QED) is 0.724. The van der Waals surface area contributed by atoms with E-state index in [1.165, 1.54) is 16.8 Å². The smallest absolute Gasteiger partial charge is 0.376 e. The second kappa shape index (κ2) is 8.54. The van der Waals surface area contributed by atoms with E-state index in [1.54, 1.807) is 18.2 Å². The maximum absolute atomic E-state index is 13.1. The highest BCUT2D eigenvalue weighted by Gasteiger charge is 2.39. The van der Waals surface area contributed by atoms with Gasteiger partial charge in [0.1, 0.15) is 0 Å². The van der Waals surface area contributed by atoms with Gasteiger partial charge in [-0.2, -0.15) is 18.3 Å². The first-order valence-corrected chi connectivity index (χ1v) is 10.6. The SMILES string of the molecule is O=C(CCS(=O)(=O)c1ccccc1)NCCn1nc(C(F)(F)F)c2c1CCOC2. The molecule has 2 aromatic rings. The molecule has 1 aliphatic rings. The molecular weight excluding hydrogens is 411 g/mol. The Morgan fingerprint density at radius 3 is 2.66 bits per heavy atom. The summed E-state index contributed by atoms with van der Waals surface area (Å²) in [4.78, 5) is 12.1. The number of hydrogen-bond acceptors (Lipinski definition) is 5. The third-order valence-electron chi connectivity index (χ3n) is 4.51. The average Bonchev–Trinajstić information content (AvgIpc) is 3.07. The Labute approximate surface area is 165 Å². The molecule has 7 nitrogen and oxygen atoms in total. The third-order valence-corrected chi connectivity index (χ3v) is 6.24. The Hall–Kier alpha value is -2.40. The lowest BCUT2D eigenvalue weighted by atomic mass is 10.1. The van der Waals surface area contributed by atoms with Crippen molar-refractivity contribution in [2.45, 2.75) is 37.1 Å². The number of benzene rings is 1. The molecule has 0 saturated carbocycles. The highest BCUT2D eigenvalue weighted by molar-refractivity contribution is 7.91. The van der Waals surface area contributed by atoms with Crippen LogP contribution in [0.5, 0.6) is 0 Å². The Kier molecular flexibility index (Phi) is 6.27. The van der Waals surface area contributed by atoms with Gasteiger partial charge in [-0.3, -0.25) is 9.48 Å². The number of hydrogen-bond donors (Lipinski definition) is 1. The van der Waals surface area contributed by atoms with Crippen molar-refractivity contribution in [2.75, 3.05) is 18.9 Å². The molecule has 1 aromatic heterocycles. The van der Waals surface area contributed by atoms with Gasteiger partial charge in [-0.25, -0.2) is 8.42 Å². The molecule has 0 bridgehead atoms. The average molecular weight is 431 g/mol. The van der Waals surface area contributed by atoms with E-state index in [2.05, 4.69) is 10.4 Å². The predicted molar refractivity (Wildman–Crippen MR) is 96.7 cm³/mol. The Balaban J connectivity index is 1.55. The molecule has 11 heteroatoms. The fourth-order valence-electron chi connectivity index (χ4n) is 3.08. The van der Waals surface area contributed by atoms with Crippen molar-refractivity contribution in [3.05, 3.63) is 47.3 Å². The lowest BCUT2D eigenvalue weighted by Crippen LogP contribution is -2.29. The van der Waals surface area contributed by atoms with Gasteiger partial charge in [0, 0.05) is 30.6 Å². The first-order chi connectivity index (χ1) is 13.7. The number of sulfone groups is 1. The third kappa shape index (κ3) is 5.15. The summed E-state index contributed by atoms with van der Waals surface area (Å²) in [5.74, 6) is -0.847. The summed E-state index contributed by atoms with van der Waals surface area (Å²) < 4.78 is 70.1.